The second-order valence-electron chi connectivity index (χ2n) is 4.10. The molecule has 1 aliphatic carbocycles. The molecule has 11 heteroatoms. The topological polar surface area (TPSA) is 17.1 Å². The number of alkyl halides is 5. The summed E-state index contributed by atoms with van der Waals surface area (Å²) < 4.78 is 129. The third-order valence-corrected chi connectivity index (χ3v) is 2.83. The van der Waals surface area contributed by atoms with E-state index in [9.17, 15) is 48.7 Å². The normalized spacial score (nSPS) is 15.6. The first kappa shape index (κ1) is 16.3. The molecule has 0 N–H and O–H groups in total. The van der Waals surface area contributed by atoms with E-state index >= 15 is 0 Å². The van der Waals surface area contributed by atoms with Crippen LogP contribution in [0.15, 0.2) is 5.83 Å². The molecule has 0 bridgehead atoms. The first-order chi connectivity index (χ1) is 9.84. The van der Waals surface area contributed by atoms with E-state index in [4.69, 9.17) is 0 Å². The van der Waals surface area contributed by atoms with Crippen molar-refractivity contribution in [1.82, 2.24) is 0 Å². The Labute approximate surface area is 113 Å². The highest BCUT2D eigenvalue weighted by Crippen LogP contribution is 2.52. The number of halogens is 10. The quantitative estimate of drug-likeness (QED) is 0.424. The van der Waals surface area contributed by atoms with Gasteiger partial charge in [-0.05, 0) is 0 Å². The third-order valence-electron chi connectivity index (χ3n) is 2.83. The number of fused-ring (bicyclic) bond motifs is 1. The van der Waals surface area contributed by atoms with Gasteiger partial charge in [-0.25, -0.2) is 22.0 Å². The lowest BCUT2D eigenvalue weighted by Gasteiger charge is -2.21. The average Bonchev–Trinajstić information content (AvgIpc) is 2.66. The predicted molar refractivity (Wildman–Crippen MR) is 49.6 cm³/mol. The summed E-state index contributed by atoms with van der Waals surface area (Å²) in [4.78, 5) is 11.2. The molecule has 1 nitrogen and oxygen atoms in total. The second-order valence-corrected chi connectivity index (χ2v) is 4.10. The first-order valence-electron chi connectivity index (χ1n) is 5.09. The van der Waals surface area contributed by atoms with Gasteiger partial charge in [0.05, 0.1) is 11.1 Å². The standard InChI is InChI=1S/C11F10O/c12-4-1-2(5(13)8(16)7(4)15)9(22)6(14)3(1)10(17,18)11(19,20)21. The maximum atomic E-state index is 13.4. The van der Waals surface area contributed by atoms with Crippen LogP contribution in [-0.4, -0.2) is 17.9 Å². The minimum absolute atomic E-state index is 2.06. The molecule has 0 amide bonds. The summed E-state index contributed by atoms with van der Waals surface area (Å²) in [5, 5.41) is 0. The fourth-order valence-corrected chi connectivity index (χ4v) is 1.85. The van der Waals surface area contributed by atoms with Crippen LogP contribution in [0, 0.1) is 23.3 Å². The lowest BCUT2D eigenvalue weighted by molar-refractivity contribution is -0.254. The van der Waals surface area contributed by atoms with E-state index in [1.807, 2.05) is 0 Å². The molecule has 0 heterocycles. The number of benzene rings is 1. The van der Waals surface area contributed by atoms with E-state index in [-0.39, 0.29) is 0 Å². The van der Waals surface area contributed by atoms with Crippen molar-refractivity contribution in [2.24, 2.45) is 0 Å². The molecule has 0 atom stereocenters. The van der Waals surface area contributed by atoms with Crippen molar-refractivity contribution >= 4 is 11.4 Å². The highest BCUT2D eigenvalue weighted by atomic mass is 19.4. The van der Waals surface area contributed by atoms with Crippen LogP contribution in [0.25, 0.3) is 5.57 Å². The highest BCUT2D eigenvalue weighted by molar-refractivity contribution is 6.20. The number of allylic oxidation sites excluding steroid dienone is 2. The molecule has 1 aliphatic rings. The maximum Gasteiger partial charge on any atom is 0.458 e. The van der Waals surface area contributed by atoms with Gasteiger partial charge in [-0.1, -0.05) is 0 Å². The summed E-state index contributed by atoms with van der Waals surface area (Å²) in [6.45, 7) is 0. The van der Waals surface area contributed by atoms with Crippen LogP contribution in [0.1, 0.15) is 15.9 Å². The molecule has 2 rings (SSSR count). The summed E-state index contributed by atoms with van der Waals surface area (Å²) in [6.07, 6.45) is -6.49. The van der Waals surface area contributed by atoms with Gasteiger partial charge in [0.15, 0.2) is 29.1 Å². The Kier molecular flexibility index (Phi) is 3.31. The van der Waals surface area contributed by atoms with Crippen LogP contribution < -0.4 is 0 Å². The Bertz CT molecular complexity index is 728. The number of Topliss-reactive ketones (excluding diaryl/α,β-unsaturated/α-hetero) is 1. The molecular formula is C11F10O. The molecule has 120 valence electrons. The summed E-state index contributed by atoms with van der Waals surface area (Å²) in [5.74, 6) is -22.1. The lowest BCUT2D eigenvalue weighted by atomic mass is 9.98. The molecule has 0 fully saturated rings. The molecule has 0 saturated heterocycles. The zero-order chi connectivity index (χ0) is 17.2. The van der Waals surface area contributed by atoms with E-state index in [0.29, 0.717) is 0 Å². The lowest BCUT2D eigenvalue weighted by Crippen LogP contribution is -2.38. The van der Waals surface area contributed by atoms with E-state index < -0.39 is 63.7 Å². The SMILES string of the molecule is O=C1C(F)=C(C(F)(F)C(F)(F)F)c2c(F)c(F)c(F)c(F)c21. The van der Waals surface area contributed by atoms with Crippen LogP contribution in [-0.2, 0) is 0 Å². The van der Waals surface area contributed by atoms with E-state index in [0.717, 1.165) is 0 Å². The summed E-state index contributed by atoms with van der Waals surface area (Å²) >= 11 is 0. The molecule has 0 unspecified atom stereocenters. The Morgan fingerprint density at radius 1 is 0.636 bits per heavy atom. The number of ketones is 1. The van der Waals surface area contributed by atoms with Crippen LogP contribution in [0.3, 0.4) is 0 Å². The maximum absolute atomic E-state index is 13.4. The largest absolute Gasteiger partial charge is 0.458 e. The zero-order valence-corrected chi connectivity index (χ0v) is 9.69. The highest BCUT2D eigenvalue weighted by Gasteiger charge is 2.64. The fraction of sp³-hybridized carbons (Fsp3) is 0.182. The minimum atomic E-state index is -6.49. The van der Waals surface area contributed by atoms with E-state index in [1.165, 1.54) is 0 Å². The fourth-order valence-electron chi connectivity index (χ4n) is 1.85. The second kappa shape index (κ2) is 4.46. The molecule has 1 aromatic rings. The van der Waals surface area contributed by atoms with Gasteiger partial charge in [0, 0.05) is 5.56 Å². The third kappa shape index (κ3) is 1.83. The van der Waals surface area contributed by atoms with E-state index in [2.05, 4.69) is 0 Å². The van der Waals surface area contributed by atoms with Crippen molar-refractivity contribution < 1.29 is 48.7 Å². The number of carbonyl (C=O) groups is 1. The van der Waals surface area contributed by atoms with Crippen molar-refractivity contribution in [3.05, 3.63) is 40.2 Å². The van der Waals surface area contributed by atoms with Gasteiger partial charge in [0.2, 0.25) is 5.78 Å². The molecule has 1 aromatic carbocycles. The van der Waals surface area contributed by atoms with Crippen molar-refractivity contribution in [3.8, 4) is 0 Å². The Hall–Kier alpha value is -2.07. The van der Waals surface area contributed by atoms with Gasteiger partial charge in [-0.15, -0.1) is 0 Å². The molecule has 22 heavy (non-hydrogen) atoms. The van der Waals surface area contributed by atoms with Crippen molar-refractivity contribution in [3.63, 3.8) is 0 Å². The average molecular weight is 338 g/mol. The molecule has 0 aliphatic heterocycles. The van der Waals surface area contributed by atoms with Gasteiger partial charge in [-0.2, -0.15) is 22.0 Å². The Morgan fingerprint density at radius 2 is 1.05 bits per heavy atom. The van der Waals surface area contributed by atoms with Gasteiger partial charge >= 0.3 is 12.1 Å². The van der Waals surface area contributed by atoms with Gasteiger partial charge in [0.25, 0.3) is 0 Å². The minimum Gasteiger partial charge on any atom is -0.286 e. The molecular weight excluding hydrogens is 338 g/mol. The number of hydrogen-bond donors (Lipinski definition) is 0. The molecule has 0 saturated carbocycles. The zero-order valence-electron chi connectivity index (χ0n) is 9.69. The Balaban J connectivity index is 2.93. The smallest absolute Gasteiger partial charge is 0.286 e. The van der Waals surface area contributed by atoms with Crippen molar-refractivity contribution in [2.45, 2.75) is 12.1 Å². The van der Waals surface area contributed by atoms with Crippen LogP contribution in [0.2, 0.25) is 0 Å². The molecule has 0 aromatic heterocycles. The summed E-state index contributed by atoms with van der Waals surface area (Å²) in [7, 11) is 0. The van der Waals surface area contributed by atoms with Crippen LogP contribution in [0.4, 0.5) is 43.9 Å². The van der Waals surface area contributed by atoms with Crippen molar-refractivity contribution in [2.75, 3.05) is 0 Å². The molecule has 0 spiro atoms. The number of hydrogen-bond acceptors (Lipinski definition) is 1. The summed E-state index contributed by atoms with van der Waals surface area (Å²) in [6, 6.07) is 0. The predicted octanol–water partition coefficient (Wildman–Crippen LogP) is 4.32. The number of rotatable bonds is 1. The van der Waals surface area contributed by atoms with Gasteiger partial charge in [-0.3, -0.25) is 4.79 Å². The Morgan fingerprint density at radius 3 is 1.45 bits per heavy atom. The van der Waals surface area contributed by atoms with Crippen LogP contribution >= 0.6 is 0 Å². The van der Waals surface area contributed by atoms with Gasteiger partial charge in [0.1, 0.15) is 0 Å². The van der Waals surface area contributed by atoms with Crippen molar-refractivity contribution in [1.29, 1.82) is 0 Å². The number of carbonyl (C=O) groups excluding carboxylic acids is 1. The molecule has 0 radical (unpaired) electrons. The van der Waals surface area contributed by atoms with Crippen LogP contribution in [0.5, 0.6) is 0 Å². The van der Waals surface area contributed by atoms with E-state index in [1.54, 1.807) is 0 Å². The van der Waals surface area contributed by atoms with Gasteiger partial charge < -0.3 is 0 Å². The first-order valence-corrected chi connectivity index (χ1v) is 5.09. The monoisotopic (exact) mass is 338 g/mol. The summed E-state index contributed by atoms with van der Waals surface area (Å²) in [5.41, 5.74) is -7.25.